The first-order chi connectivity index (χ1) is 19.6. The van der Waals surface area contributed by atoms with Crippen LogP contribution in [0, 0.1) is 0 Å². The second kappa shape index (κ2) is 14.1. The Hall–Kier alpha value is -3.24. The molecule has 224 valence electrons. The average Bonchev–Trinajstić information content (AvgIpc) is 2.91. The number of hydrogen-bond acceptors (Lipinski definition) is 9. The molecule has 0 aliphatic carbocycles. The molecule has 41 heavy (non-hydrogen) atoms. The second-order valence-corrected chi connectivity index (χ2v) is 11.8. The third-order valence-electron chi connectivity index (χ3n) is 7.37. The van der Waals surface area contributed by atoms with Crippen LogP contribution >= 0.6 is 0 Å². The van der Waals surface area contributed by atoms with Gasteiger partial charge in [0.1, 0.15) is 11.4 Å². The Morgan fingerprint density at radius 1 is 1.15 bits per heavy atom. The molecular weight excluding hydrogens is 522 g/mol. The Bertz CT molecular complexity index is 1160. The van der Waals surface area contributed by atoms with Gasteiger partial charge in [-0.3, -0.25) is 14.6 Å². The van der Waals surface area contributed by atoms with Gasteiger partial charge in [0.2, 0.25) is 5.88 Å². The van der Waals surface area contributed by atoms with E-state index in [4.69, 9.17) is 19.2 Å². The van der Waals surface area contributed by atoms with Gasteiger partial charge in [-0.2, -0.15) is 0 Å². The molecule has 0 radical (unpaired) electrons. The van der Waals surface area contributed by atoms with Crippen molar-refractivity contribution in [2.75, 3.05) is 51.3 Å². The molecule has 0 bridgehead atoms. The van der Waals surface area contributed by atoms with Gasteiger partial charge in [0.05, 0.1) is 20.1 Å². The number of methoxy groups -OCH3 is 1. The molecule has 1 amide bonds. The summed E-state index contributed by atoms with van der Waals surface area (Å²) in [5.74, 6) is 1.18. The van der Waals surface area contributed by atoms with Gasteiger partial charge in [0.15, 0.2) is 0 Å². The number of aromatic nitrogens is 2. The van der Waals surface area contributed by atoms with E-state index < -0.39 is 5.60 Å². The number of hydrogen-bond donors (Lipinski definition) is 0. The number of esters is 1. The number of carbonyl (C=O) groups is 2. The van der Waals surface area contributed by atoms with Crippen LogP contribution in [0.5, 0.6) is 5.88 Å². The van der Waals surface area contributed by atoms with E-state index in [1.807, 2.05) is 46.0 Å². The molecule has 10 nitrogen and oxygen atoms in total. The number of amides is 1. The molecule has 4 heterocycles. The van der Waals surface area contributed by atoms with Crippen molar-refractivity contribution in [3.05, 3.63) is 47.3 Å². The Balaban J connectivity index is 1.28. The predicted molar refractivity (Wildman–Crippen MR) is 157 cm³/mol. The van der Waals surface area contributed by atoms with Gasteiger partial charge >= 0.3 is 12.1 Å². The summed E-state index contributed by atoms with van der Waals surface area (Å²) < 4.78 is 16.0. The molecule has 2 aromatic rings. The molecule has 2 aliphatic rings. The van der Waals surface area contributed by atoms with E-state index in [2.05, 4.69) is 26.9 Å². The molecule has 2 aliphatic heterocycles. The Labute approximate surface area is 244 Å². The summed E-state index contributed by atoms with van der Waals surface area (Å²) in [6.07, 6.45) is 5.55. The fraction of sp³-hybridized carbons (Fsp3) is 0.613. The van der Waals surface area contributed by atoms with Crippen molar-refractivity contribution in [2.45, 2.75) is 78.0 Å². The van der Waals surface area contributed by atoms with Crippen LogP contribution in [0.2, 0.25) is 0 Å². The van der Waals surface area contributed by atoms with Crippen LogP contribution < -0.4 is 9.64 Å². The topological polar surface area (TPSA) is 97.3 Å². The van der Waals surface area contributed by atoms with Gasteiger partial charge in [-0.25, -0.2) is 14.8 Å². The van der Waals surface area contributed by atoms with E-state index in [1.165, 1.54) is 0 Å². The van der Waals surface area contributed by atoms with Gasteiger partial charge in [-0.15, -0.1) is 0 Å². The SMILES string of the molecule is CCOC(=O)CCN(Cc1ccc(OC)nc1)C1CN(CCCc2ccc3c(n2)N(C(=O)OC(C)(C)C)CCC3)C1. The van der Waals surface area contributed by atoms with Crippen molar-refractivity contribution >= 4 is 17.9 Å². The highest BCUT2D eigenvalue weighted by molar-refractivity contribution is 5.88. The van der Waals surface area contributed by atoms with Crippen molar-refractivity contribution in [3.8, 4) is 5.88 Å². The monoisotopic (exact) mass is 567 g/mol. The average molecular weight is 568 g/mol. The number of anilines is 1. The fourth-order valence-electron chi connectivity index (χ4n) is 5.27. The molecule has 2 aromatic heterocycles. The Morgan fingerprint density at radius 2 is 1.95 bits per heavy atom. The van der Waals surface area contributed by atoms with Crippen molar-refractivity contribution in [1.29, 1.82) is 0 Å². The second-order valence-electron chi connectivity index (χ2n) is 11.8. The third-order valence-corrected chi connectivity index (χ3v) is 7.37. The van der Waals surface area contributed by atoms with E-state index in [0.29, 0.717) is 38.0 Å². The van der Waals surface area contributed by atoms with E-state index in [0.717, 1.165) is 74.5 Å². The lowest BCUT2D eigenvalue weighted by atomic mass is 10.0. The van der Waals surface area contributed by atoms with Crippen molar-refractivity contribution in [1.82, 2.24) is 19.8 Å². The number of rotatable bonds is 12. The first kappa shape index (κ1) is 30.7. The maximum Gasteiger partial charge on any atom is 0.416 e. The maximum absolute atomic E-state index is 12.8. The first-order valence-electron chi connectivity index (χ1n) is 14.8. The molecule has 1 saturated heterocycles. The summed E-state index contributed by atoms with van der Waals surface area (Å²) in [7, 11) is 1.61. The zero-order valence-electron chi connectivity index (χ0n) is 25.2. The summed E-state index contributed by atoms with van der Waals surface area (Å²) in [6.45, 7) is 12.8. The first-order valence-corrected chi connectivity index (χ1v) is 14.8. The zero-order chi connectivity index (χ0) is 29.4. The van der Waals surface area contributed by atoms with Crippen LogP contribution in [0.1, 0.15) is 63.8 Å². The van der Waals surface area contributed by atoms with Gasteiger partial charge < -0.3 is 19.1 Å². The van der Waals surface area contributed by atoms with E-state index in [9.17, 15) is 9.59 Å². The number of pyridine rings is 2. The Kier molecular flexibility index (Phi) is 10.6. The van der Waals surface area contributed by atoms with Crippen LogP contribution in [0.25, 0.3) is 0 Å². The highest BCUT2D eigenvalue weighted by Crippen LogP contribution is 2.28. The number of ether oxygens (including phenoxy) is 3. The minimum absolute atomic E-state index is 0.163. The fourth-order valence-corrected chi connectivity index (χ4v) is 5.27. The van der Waals surface area contributed by atoms with Crippen molar-refractivity contribution < 1.29 is 23.8 Å². The third kappa shape index (κ3) is 8.87. The zero-order valence-corrected chi connectivity index (χ0v) is 25.2. The molecule has 4 rings (SSSR count). The quantitative estimate of drug-likeness (QED) is 0.349. The maximum atomic E-state index is 12.8. The predicted octanol–water partition coefficient (Wildman–Crippen LogP) is 4.25. The molecule has 10 heteroatoms. The molecule has 0 unspecified atom stereocenters. The Morgan fingerprint density at radius 3 is 2.63 bits per heavy atom. The highest BCUT2D eigenvalue weighted by atomic mass is 16.6. The van der Waals surface area contributed by atoms with Gasteiger partial charge in [0.25, 0.3) is 0 Å². The number of nitrogens with zero attached hydrogens (tertiary/aromatic N) is 5. The number of fused-ring (bicyclic) bond motifs is 1. The van der Waals surface area contributed by atoms with Crippen LogP contribution in [0.15, 0.2) is 30.5 Å². The number of likely N-dealkylation sites (tertiary alicyclic amines) is 1. The van der Waals surface area contributed by atoms with Gasteiger partial charge in [-0.05, 0) is 77.1 Å². The lowest BCUT2D eigenvalue weighted by molar-refractivity contribution is -0.143. The summed E-state index contributed by atoms with van der Waals surface area (Å²) >= 11 is 0. The van der Waals surface area contributed by atoms with Crippen molar-refractivity contribution in [2.24, 2.45) is 0 Å². The van der Waals surface area contributed by atoms with Crippen LogP contribution in [-0.4, -0.2) is 89.9 Å². The largest absolute Gasteiger partial charge is 0.481 e. The van der Waals surface area contributed by atoms with E-state index in [-0.39, 0.29) is 12.1 Å². The molecule has 0 spiro atoms. The summed E-state index contributed by atoms with van der Waals surface area (Å²) in [6, 6.07) is 8.47. The van der Waals surface area contributed by atoms with Crippen LogP contribution in [0.3, 0.4) is 0 Å². The van der Waals surface area contributed by atoms with Crippen molar-refractivity contribution in [3.63, 3.8) is 0 Å². The standard InChI is InChI=1S/C31H45N5O5/c1-6-40-28(37)15-18-35(20-23-11-14-27(39-5)32-19-23)26-21-34(22-26)16-8-10-25-13-12-24-9-7-17-36(29(24)33-25)30(38)41-31(2,3)4/h11-14,19,26H,6-10,15-18,20-22H2,1-5H3. The lowest BCUT2D eigenvalue weighted by Crippen LogP contribution is -2.59. The minimum atomic E-state index is -0.540. The van der Waals surface area contributed by atoms with Crippen LogP contribution in [-0.2, 0) is 33.7 Å². The highest BCUT2D eigenvalue weighted by Gasteiger charge is 2.32. The normalized spacial score (nSPS) is 15.8. The molecule has 0 aromatic carbocycles. The van der Waals surface area contributed by atoms with Gasteiger partial charge in [0, 0.05) is 56.7 Å². The lowest BCUT2D eigenvalue weighted by Gasteiger charge is -2.45. The molecule has 0 N–H and O–H groups in total. The molecule has 0 saturated carbocycles. The minimum Gasteiger partial charge on any atom is -0.481 e. The summed E-state index contributed by atoms with van der Waals surface area (Å²) in [5.41, 5.74) is 2.65. The molecule has 1 fully saturated rings. The summed E-state index contributed by atoms with van der Waals surface area (Å²) in [4.78, 5) is 40.5. The number of carbonyl (C=O) groups excluding carboxylic acids is 2. The van der Waals surface area contributed by atoms with E-state index >= 15 is 0 Å². The van der Waals surface area contributed by atoms with Gasteiger partial charge in [-0.1, -0.05) is 12.1 Å². The molecular formula is C31H45N5O5. The summed E-state index contributed by atoms with van der Waals surface area (Å²) in [5, 5.41) is 0. The molecule has 0 atom stereocenters. The van der Waals surface area contributed by atoms with Crippen LogP contribution in [0.4, 0.5) is 10.6 Å². The smallest absolute Gasteiger partial charge is 0.416 e. The number of aryl methyl sites for hydroxylation is 2. The van der Waals surface area contributed by atoms with E-state index in [1.54, 1.807) is 12.0 Å².